The first kappa shape index (κ1) is 40.1. The van der Waals surface area contributed by atoms with E-state index in [0.29, 0.717) is 68.0 Å². The Bertz CT molecular complexity index is 2100. The molecule has 4 aromatic rings. The van der Waals surface area contributed by atoms with Gasteiger partial charge in [0.25, 0.3) is 0 Å². The molecule has 2 aromatic heterocycles. The summed E-state index contributed by atoms with van der Waals surface area (Å²) < 4.78 is 46.6. The van der Waals surface area contributed by atoms with Crippen LogP contribution in [0.5, 0.6) is 5.75 Å². The van der Waals surface area contributed by atoms with Crippen molar-refractivity contribution in [1.82, 2.24) is 39.2 Å². The molecule has 2 unspecified atom stereocenters. The standard InChI is InChI=1S/C39H48F2N10O5S/c1-47(2)36(53)28(19-25-5-4-6-31(20-25)57(55)50-16-11-29(12-17-50)44-38-42-22-30(23-43-38)56-37(40)41)24-49-14-9-26(10-15-49)27-7-8-32-33(21-27)48(3)46-35(32)51-18-13-34(52)45-39(51)54/h4-8,20-23,26,28-29,37H,9-19,24H2,1-3H3,(H,42,43,44)(H,45,52,54). The van der Waals surface area contributed by atoms with Crippen molar-refractivity contribution in [1.29, 1.82) is 0 Å². The van der Waals surface area contributed by atoms with Gasteiger partial charge in [-0.25, -0.2) is 23.3 Å². The van der Waals surface area contributed by atoms with E-state index in [9.17, 15) is 27.4 Å². The number of fused-ring (bicyclic) bond motifs is 1. The molecule has 4 amide bonds. The molecule has 2 aromatic carbocycles. The smallest absolute Gasteiger partial charge is 0.387 e. The third-order valence-corrected chi connectivity index (χ3v) is 12.4. The van der Waals surface area contributed by atoms with Gasteiger partial charge < -0.3 is 19.9 Å². The zero-order chi connectivity index (χ0) is 40.2. The first-order valence-electron chi connectivity index (χ1n) is 19.2. The number of halogens is 2. The zero-order valence-corrected chi connectivity index (χ0v) is 33.1. The number of nitrogens with zero attached hydrogens (tertiary/aromatic N) is 8. The Morgan fingerprint density at radius 3 is 2.44 bits per heavy atom. The van der Waals surface area contributed by atoms with Crippen molar-refractivity contribution in [2.45, 2.75) is 62.0 Å². The predicted molar refractivity (Wildman–Crippen MR) is 210 cm³/mol. The van der Waals surface area contributed by atoms with Crippen LogP contribution in [0.4, 0.5) is 25.3 Å². The molecule has 57 heavy (non-hydrogen) atoms. The molecule has 5 heterocycles. The number of urea groups is 1. The number of carbonyl (C=O) groups is 3. The van der Waals surface area contributed by atoms with Crippen LogP contribution in [0.2, 0.25) is 0 Å². The van der Waals surface area contributed by atoms with Gasteiger partial charge in [0, 0.05) is 65.2 Å². The van der Waals surface area contributed by atoms with Crippen LogP contribution in [0.25, 0.3) is 10.9 Å². The lowest BCUT2D eigenvalue weighted by Gasteiger charge is -2.35. The van der Waals surface area contributed by atoms with Crippen molar-refractivity contribution in [2.75, 3.05) is 63.6 Å². The number of aromatic nitrogens is 4. The van der Waals surface area contributed by atoms with Gasteiger partial charge in [-0.2, -0.15) is 13.9 Å². The fourth-order valence-corrected chi connectivity index (χ4v) is 9.24. The van der Waals surface area contributed by atoms with E-state index in [0.717, 1.165) is 42.4 Å². The molecule has 15 nitrogen and oxygen atoms in total. The predicted octanol–water partition coefficient (Wildman–Crippen LogP) is 4.14. The summed E-state index contributed by atoms with van der Waals surface area (Å²) in [6.07, 6.45) is 6.43. The molecular weight excluding hydrogens is 759 g/mol. The molecule has 304 valence electrons. The topological polar surface area (TPSA) is 158 Å². The Morgan fingerprint density at radius 1 is 1.02 bits per heavy atom. The van der Waals surface area contributed by atoms with Crippen molar-refractivity contribution in [3.8, 4) is 5.75 Å². The summed E-state index contributed by atoms with van der Waals surface area (Å²) in [6, 6.07) is 13.6. The number of alkyl halides is 2. The zero-order valence-electron chi connectivity index (χ0n) is 32.3. The summed E-state index contributed by atoms with van der Waals surface area (Å²) in [6.45, 7) is 0.819. The molecule has 0 bridgehead atoms. The summed E-state index contributed by atoms with van der Waals surface area (Å²) in [4.78, 5) is 52.1. The number of piperidine rings is 2. The fraction of sp³-hybridized carbons (Fsp3) is 0.487. The van der Waals surface area contributed by atoms with Crippen LogP contribution in [0, 0.1) is 5.92 Å². The number of ether oxygens (including phenoxy) is 1. The van der Waals surface area contributed by atoms with E-state index in [1.807, 2.05) is 41.7 Å². The highest BCUT2D eigenvalue weighted by Crippen LogP contribution is 2.34. The highest BCUT2D eigenvalue weighted by atomic mass is 32.2. The van der Waals surface area contributed by atoms with Gasteiger partial charge in [0.1, 0.15) is 11.0 Å². The third-order valence-electron chi connectivity index (χ3n) is 11.0. The van der Waals surface area contributed by atoms with Gasteiger partial charge in [-0.1, -0.05) is 18.2 Å². The molecule has 0 saturated carbocycles. The van der Waals surface area contributed by atoms with Crippen LogP contribution in [0.15, 0.2) is 59.8 Å². The minimum absolute atomic E-state index is 0.0393. The van der Waals surface area contributed by atoms with E-state index in [4.69, 9.17) is 0 Å². The average molecular weight is 807 g/mol. The Kier molecular flexibility index (Phi) is 12.4. The molecular formula is C39H48F2N10O5S. The van der Waals surface area contributed by atoms with Crippen LogP contribution in [-0.2, 0) is 34.0 Å². The van der Waals surface area contributed by atoms with Gasteiger partial charge in [-0.15, -0.1) is 0 Å². The number of aryl methyl sites for hydroxylation is 1. The number of carbonyl (C=O) groups excluding carboxylic acids is 3. The second kappa shape index (κ2) is 17.6. The largest absolute Gasteiger partial charge is 0.432 e. The molecule has 2 atom stereocenters. The number of amides is 4. The number of rotatable bonds is 13. The minimum Gasteiger partial charge on any atom is -0.432 e. The summed E-state index contributed by atoms with van der Waals surface area (Å²) in [7, 11) is 4.05. The summed E-state index contributed by atoms with van der Waals surface area (Å²) in [5, 5.41) is 11.1. The maximum absolute atomic E-state index is 13.7. The third kappa shape index (κ3) is 9.56. The number of imide groups is 1. The van der Waals surface area contributed by atoms with Crippen molar-refractivity contribution in [3.05, 3.63) is 66.0 Å². The van der Waals surface area contributed by atoms with Gasteiger partial charge in [0.05, 0.1) is 28.7 Å². The van der Waals surface area contributed by atoms with E-state index < -0.39 is 23.6 Å². The normalized spacial score (nSPS) is 18.8. The minimum atomic E-state index is -2.94. The first-order valence-corrected chi connectivity index (χ1v) is 20.3. The molecule has 2 N–H and O–H groups in total. The van der Waals surface area contributed by atoms with Crippen LogP contribution in [0.1, 0.15) is 49.1 Å². The van der Waals surface area contributed by atoms with Crippen LogP contribution < -0.4 is 20.3 Å². The SMILES string of the molecule is CN(C)C(=O)C(Cc1cccc(S(=O)N2CCC(Nc3ncc(OC(F)F)cn3)CC2)c1)CN1CCC(c2ccc3c(N4CCC(=O)NC4=O)nn(C)c3c2)CC1. The average Bonchev–Trinajstić information content (AvgIpc) is 3.53. The second-order valence-corrected chi connectivity index (χ2v) is 16.5. The first-order chi connectivity index (χ1) is 27.4. The molecule has 3 saturated heterocycles. The van der Waals surface area contributed by atoms with Crippen LogP contribution in [0.3, 0.4) is 0 Å². The number of hydrogen-bond acceptors (Lipinski definition) is 10. The lowest BCUT2D eigenvalue weighted by Crippen LogP contribution is -2.49. The van der Waals surface area contributed by atoms with E-state index >= 15 is 0 Å². The Morgan fingerprint density at radius 2 is 1.75 bits per heavy atom. The van der Waals surface area contributed by atoms with Gasteiger partial charge in [0.15, 0.2) is 11.6 Å². The van der Waals surface area contributed by atoms with Crippen LogP contribution in [-0.4, -0.2) is 122 Å². The highest BCUT2D eigenvalue weighted by Gasteiger charge is 2.31. The maximum atomic E-state index is 13.7. The van der Waals surface area contributed by atoms with Gasteiger partial charge in [-0.3, -0.25) is 24.5 Å². The number of hydrogen-bond donors (Lipinski definition) is 2. The monoisotopic (exact) mass is 806 g/mol. The Hall–Kier alpha value is -5.07. The molecule has 3 aliphatic heterocycles. The van der Waals surface area contributed by atoms with E-state index in [2.05, 4.69) is 47.5 Å². The van der Waals surface area contributed by atoms with E-state index in [1.165, 1.54) is 22.9 Å². The molecule has 0 spiro atoms. The van der Waals surface area contributed by atoms with Crippen molar-refractivity contribution in [3.63, 3.8) is 0 Å². The Labute approximate surface area is 332 Å². The number of anilines is 2. The quantitative estimate of drug-likeness (QED) is 0.201. The van der Waals surface area contributed by atoms with Crippen molar-refractivity contribution < 1.29 is 32.1 Å². The molecule has 0 radical (unpaired) electrons. The number of likely N-dealkylation sites (tertiary alicyclic amines) is 1. The van der Waals surface area contributed by atoms with Gasteiger partial charge >= 0.3 is 12.6 Å². The molecule has 3 aliphatic rings. The summed E-state index contributed by atoms with van der Waals surface area (Å²) >= 11 is 0. The van der Waals surface area contributed by atoms with Crippen molar-refractivity contribution in [2.24, 2.45) is 13.0 Å². The van der Waals surface area contributed by atoms with Gasteiger partial charge in [0.2, 0.25) is 17.8 Å². The highest BCUT2D eigenvalue weighted by molar-refractivity contribution is 7.82. The Balaban J connectivity index is 0.933. The maximum Gasteiger partial charge on any atom is 0.387 e. The lowest BCUT2D eigenvalue weighted by molar-refractivity contribution is -0.133. The van der Waals surface area contributed by atoms with E-state index in [1.54, 1.807) is 23.7 Å². The lowest BCUT2D eigenvalue weighted by atomic mass is 9.88. The van der Waals surface area contributed by atoms with E-state index in [-0.39, 0.29) is 35.9 Å². The number of benzene rings is 2. The molecule has 3 fully saturated rings. The molecule has 0 aliphatic carbocycles. The fourth-order valence-electron chi connectivity index (χ4n) is 7.95. The molecule has 18 heteroatoms. The van der Waals surface area contributed by atoms with Crippen molar-refractivity contribution >= 4 is 51.5 Å². The number of nitrogens with one attached hydrogen (secondary N) is 2. The van der Waals surface area contributed by atoms with Crippen LogP contribution >= 0.6 is 0 Å². The summed E-state index contributed by atoms with van der Waals surface area (Å²) in [5.41, 5.74) is 3.10. The molecule has 7 rings (SSSR count). The van der Waals surface area contributed by atoms with Gasteiger partial charge in [-0.05, 0) is 86.5 Å². The summed E-state index contributed by atoms with van der Waals surface area (Å²) in [5.74, 6) is 0.600. The second-order valence-electron chi connectivity index (χ2n) is 15.1.